The van der Waals surface area contributed by atoms with Crippen LogP contribution >= 0.6 is 0 Å². The largest absolute Gasteiger partial charge is 0.461 e. The van der Waals surface area contributed by atoms with Crippen molar-refractivity contribution in [3.8, 4) is 0 Å². The van der Waals surface area contributed by atoms with Crippen LogP contribution in [0.15, 0.2) is 11.6 Å². The highest BCUT2D eigenvalue weighted by Crippen LogP contribution is 2.31. The molecule has 25 heavy (non-hydrogen) atoms. The summed E-state index contributed by atoms with van der Waals surface area (Å²) in [5.41, 5.74) is 0.750. The van der Waals surface area contributed by atoms with Crippen LogP contribution in [0.2, 0.25) is 0 Å². The van der Waals surface area contributed by atoms with Crippen LogP contribution in [0.3, 0.4) is 0 Å². The number of hydrogen-bond acceptors (Lipinski definition) is 4. The van der Waals surface area contributed by atoms with Gasteiger partial charge >= 0.3 is 5.97 Å². The van der Waals surface area contributed by atoms with Crippen molar-refractivity contribution in [2.24, 2.45) is 29.6 Å². The average molecular weight is 353 g/mol. The molecule has 0 amide bonds. The van der Waals surface area contributed by atoms with Crippen molar-refractivity contribution < 1.29 is 19.4 Å². The van der Waals surface area contributed by atoms with Crippen molar-refractivity contribution in [1.29, 1.82) is 0 Å². The van der Waals surface area contributed by atoms with Crippen LogP contribution in [0.25, 0.3) is 0 Å². The number of ether oxygens (including phenoxy) is 1. The minimum Gasteiger partial charge on any atom is -0.461 e. The van der Waals surface area contributed by atoms with Gasteiger partial charge in [0, 0.05) is 12.3 Å². The summed E-state index contributed by atoms with van der Waals surface area (Å²) in [6.07, 6.45) is 2.90. The van der Waals surface area contributed by atoms with Gasteiger partial charge in [-0.2, -0.15) is 0 Å². The van der Waals surface area contributed by atoms with Gasteiger partial charge in [0.1, 0.15) is 6.10 Å². The van der Waals surface area contributed by atoms with E-state index in [9.17, 15) is 14.7 Å². The molecule has 0 spiro atoms. The zero-order valence-electron chi connectivity index (χ0n) is 16.9. The molecular weight excluding hydrogens is 316 g/mol. The fraction of sp³-hybridized carbons (Fsp3) is 0.810. The molecule has 7 atom stereocenters. The summed E-state index contributed by atoms with van der Waals surface area (Å²) in [4.78, 5) is 24.9. The number of Topliss-reactive ketones (excluding diaryl/α,β-unsaturated/α-hetero) is 1. The summed E-state index contributed by atoms with van der Waals surface area (Å²) in [5, 5.41) is 10.7. The van der Waals surface area contributed by atoms with Crippen LogP contribution in [0.5, 0.6) is 0 Å². The molecule has 0 radical (unpaired) electrons. The lowest BCUT2D eigenvalue weighted by Gasteiger charge is -2.33. The number of allylic oxidation sites excluding steroid dienone is 1. The zero-order chi connectivity index (χ0) is 19.3. The van der Waals surface area contributed by atoms with E-state index < -0.39 is 12.0 Å². The monoisotopic (exact) mass is 352 g/mol. The Balaban J connectivity index is 3.15. The molecular formula is C21H36O4. The van der Waals surface area contributed by atoms with E-state index in [2.05, 4.69) is 13.8 Å². The summed E-state index contributed by atoms with van der Waals surface area (Å²) in [5.74, 6) is -0.304. The van der Waals surface area contributed by atoms with E-state index in [4.69, 9.17) is 4.74 Å². The number of aliphatic hydroxyl groups is 1. The van der Waals surface area contributed by atoms with Crippen molar-refractivity contribution in [3.63, 3.8) is 0 Å². The Bertz CT molecular complexity index is 496. The molecule has 144 valence electrons. The number of rotatable bonds is 1. The number of cyclic esters (lactones) is 1. The van der Waals surface area contributed by atoms with Crippen molar-refractivity contribution in [3.05, 3.63) is 11.6 Å². The van der Waals surface area contributed by atoms with Crippen LogP contribution in [0.4, 0.5) is 0 Å². The lowest BCUT2D eigenvalue weighted by atomic mass is 9.76. The summed E-state index contributed by atoms with van der Waals surface area (Å²) in [7, 11) is 0. The first-order valence-electron chi connectivity index (χ1n) is 9.70. The van der Waals surface area contributed by atoms with Gasteiger partial charge in [0.2, 0.25) is 0 Å². The Morgan fingerprint density at radius 1 is 1.12 bits per heavy atom. The third kappa shape index (κ3) is 5.67. The van der Waals surface area contributed by atoms with Crippen LogP contribution in [0, 0.1) is 29.6 Å². The maximum absolute atomic E-state index is 12.5. The summed E-state index contributed by atoms with van der Waals surface area (Å²) < 4.78 is 5.68. The fourth-order valence-electron chi connectivity index (χ4n) is 3.66. The van der Waals surface area contributed by atoms with Gasteiger partial charge in [-0.15, -0.1) is 0 Å². The predicted octanol–water partition coefficient (Wildman–Crippen LogP) is 4.16. The standard InChI is InChI=1S/C21H36O4/c1-8-19-14(4)11-13(3)18(22)10-9-12(2)15(5)16(6)20(23)17(7)21(24)25-19/h11-12,14-17,19-20,23H,8-10H2,1-7H3/b13-11+/t12-,14+,15-,16+,17+,19+,20-/m0/s1. The number of aliphatic hydroxyl groups excluding tert-OH is 1. The lowest BCUT2D eigenvalue weighted by molar-refractivity contribution is -0.161. The van der Waals surface area contributed by atoms with E-state index in [0.29, 0.717) is 18.8 Å². The number of carbonyl (C=O) groups excluding carboxylic acids is 2. The molecule has 1 rings (SSSR count). The van der Waals surface area contributed by atoms with Crippen LogP contribution < -0.4 is 0 Å². The van der Waals surface area contributed by atoms with Gasteiger partial charge in [-0.1, -0.05) is 40.7 Å². The summed E-state index contributed by atoms with van der Waals surface area (Å²) >= 11 is 0. The molecule has 0 unspecified atom stereocenters. The SMILES string of the molecule is CC[C@H]1OC(=O)[C@H](C)[C@@H](O)[C@H](C)[C@@H](C)[C@@H](C)CCC(=O)/C(C)=C/[C@H]1C. The molecule has 1 aliphatic heterocycles. The highest BCUT2D eigenvalue weighted by molar-refractivity contribution is 5.94. The predicted molar refractivity (Wildman–Crippen MR) is 100.0 cm³/mol. The van der Waals surface area contributed by atoms with Crippen molar-refractivity contribution in [1.82, 2.24) is 0 Å². The third-order valence-corrected chi connectivity index (χ3v) is 6.19. The molecule has 0 saturated heterocycles. The smallest absolute Gasteiger partial charge is 0.311 e. The Labute approximate surface area is 153 Å². The second-order valence-electron chi connectivity index (χ2n) is 8.03. The molecule has 0 fully saturated rings. The quantitative estimate of drug-likeness (QED) is 0.720. The molecule has 1 heterocycles. The van der Waals surface area contributed by atoms with E-state index in [0.717, 1.165) is 12.0 Å². The van der Waals surface area contributed by atoms with Gasteiger partial charge in [0.15, 0.2) is 5.78 Å². The number of esters is 1. The molecule has 4 heteroatoms. The van der Waals surface area contributed by atoms with Gasteiger partial charge in [0.05, 0.1) is 12.0 Å². The second kappa shape index (κ2) is 9.51. The van der Waals surface area contributed by atoms with E-state index in [1.165, 1.54) is 0 Å². The highest BCUT2D eigenvalue weighted by atomic mass is 16.5. The molecule has 1 aliphatic rings. The fourth-order valence-corrected chi connectivity index (χ4v) is 3.66. The number of carbonyl (C=O) groups is 2. The Hall–Kier alpha value is -1.16. The van der Waals surface area contributed by atoms with Crippen molar-refractivity contribution in [2.75, 3.05) is 0 Å². The Morgan fingerprint density at radius 3 is 2.28 bits per heavy atom. The van der Waals surface area contributed by atoms with Crippen molar-refractivity contribution >= 4 is 11.8 Å². The molecule has 0 aromatic heterocycles. The van der Waals surface area contributed by atoms with Crippen molar-refractivity contribution in [2.45, 2.75) is 79.9 Å². The van der Waals surface area contributed by atoms with Gasteiger partial charge in [0.25, 0.3) is 0 Å². The molecule has 0 saturated carbocycles. The zero-order valence-corrected chi connectivity index (χ0v) is 16.9. The third-order valence-electron chi connectivity index (χ3n) is 6.19. The first-order chi connectivity index (χ1) is 11.6. The second-order valence-corrected chi connectivity index (χ2v) is 8.03. The van der Waals surface area contributed by atoms with E-state index in [1.807, 2.05) is 33.8 Å². The number of hydrogen-bond donors (Lipinski definition) is 1. The van der Waals surface area contributed by atoms with Crippen LogP contribution in [-0.4, -0.2) is 29.1 Å². The van der Waals surface area contributed by atoms with Crippen LogP contribution in [0.1, 0.15) is 67.7 Å². The first kappa shape index (κ1) is 21.9. The normalized spacial score (nSPS) is 41.4. The first-order valence-corrected chi connectivity index (χ1v) is 9.70. The highest BCUT2D eigenvalue weighted by Gasteiger charge is 2.34. The molecule has 0 bridgehead atoms. The van der Waals surface area contributed by atoms with Gasteiger partial charge in [-0.25, -0.2) is 0 Å². The van der Waals surface area contributed by atoms with E-state index >= 15 is 0 Å². The maximum atomic E-state index is 12.5. The minimum absolute atomic E-state index is 0.0287. The minimum atomic E-state index is -0.742. The average Bonchev–Trinajstić information content (AvgIpc) is 2.59. The summed E-state index contributed by atoms with van der Waals surface area (Å²) in [6, 6.07) is 0. The molecule has 1 N–H and O–H groups in total. The molecule has 0 aliphatic carbocycles. The number of ketones is 1. The van der Waals surface area contributed by atoms with Gasteiger partial charge < -0.3 is 9.84 Å². The molecule has 0 aromatic rings. The topological polar surface area (TPSA) is 63.6 Å². The van der Waals surface area contributed by atoms with Crippen LogP contribution in [-0.2, 0) is 14.3 Å². The van der Waals surface area contributed by atoms with E-state index in [1.54, 1.807) is 6.92 Å². The molecule has 4 nitrogen and oxygen atoms in total. The molecule has 0 aromatic carbocycles. The maximum Gasteiger partial charge on any atom is 0.311 e. The Morgan fingerprint density at radius 2 is 1.72 bits per heavy atom. The van der Waals surface area contributed by atoms with Gasteiger partial charge in [-0.05, 0) is 50.0 Å². The lowest BCUT2D eigenvalue weighted by Crippen LogP contribution is -2.39. The summed E-state index contributed by atoms with van der Waals surface area (Å²) in [6.45, 7) is 13.7. The van der Waals surface area contributed by atoms with Gasteiger partial charge in [-0.3, -0.25) is 9.59 Å². The Kier molecular flexibility index (Phi) is 8.33. The van der Waals surface area contributed by atoms with E-state index in [-0.39, 0.29) is 35.6 Å².